The van der Waals surface area contributed by atoms with Crippen molar-refractivity contribution in [3.63, 3.8) is 0 Å². The number of hydrogen-bond donors (Lipinski definition) is 1. The Hall–Kier alpha value is -1.000. The second-order valence-corrected chi connectivity index (χ2v) is 4.71. The maximum absolute atomic E-state index is 12.9. The summed E-state index contributed by atoms with van der Waals surface area (Å²) in [7, 11) is 0. The first-order chi connectivity index (χ1) is 7.19. The Kier molecular flexibility index (Phi) is 2.98. The van der Waals surface area contributed by atoms with Crippen LogP contribution in [0.4, 0.5) is 4.39 Å². The van der Waals surface area contributed by atoms with E-state index in [1.807, 2.05) is 0 Å². The Morgan fingerprint density at radius 2 is 2.33 bits per heavy atom. The molecule has 2 N–H and O–H groups in total. The van der Waals surface area contributed by atoms with E-state index in [0.29, 0.717) is 0 Å². The van der Waals surface area contributed by atoms with Crippen molar-refractivity contribution in [2.24, 2.45) is 5.73 Å². The zero-order valence-electron chi connectivity index (χ0n) is 8.53. The van der Waals surface area contributed by atoms with Crippen LogP contribution in [0.25, 0.3) is 10.2 Å². The van der Waals surface area contributed by atoms with Gasteiger partial charge in [-0.05, 0) is 24.6 Å². The third kappa shape index (κ3) is 2.33. The average Bonchev–Trinajstić information content (AvgIpc) is 2.59. The molecule has 0 radical (unpaired) electrons. The van der Waals surface area contributed by atoms with Gasteiger partial charge in [0.15, 0.2) is 0 Å². The third-order valence-electron chi connectivity index (χ3n) is 2.36. The number of thiazole rings is 1. The highest BCUT2D eigenvalue weighted by atomic mass is 32.1. The SMILES string of the molecule is CCC(N)Cc1nc2ccc(F)cc2s1. The first-order valence-electron chi connectivity index (χ1n) is 4.99. The fraction of sp³-hybridized carbons (Fsp3) is 0.364. The number of aromatic nitrogens is 1. The van der Waals surface area contributed by atoms with Gasteiger partial charge >= 0.3 is 0 Å². The molecule has 1 atom stereocenters. The quantitative estimate of drug-likeness (QED) is 0.870. The summed E-state index contributed by atoms with van der Waals surface area (Å²) < 4.78 is 13.8. The molecule has 1 unspecified atom stereocenters. The van der Waals surface area contributed by atoms with Gasteiger partial charge in [-0.1, -0.05) is 6.92 Å². The molecule has 2 nitrogen and oxygen atoms in total. The highest BCUT2D eigenvalue weighted by molar-refractivity contribution is 7.18. The molecule has 0 aliphatic rings. The van der Waals surface area contributed by atoms with E-state index in [1.54, 1.807) is 6.07 Å². The van der Waals surface area contributed by atoms with Crippen molar-refractivity contribution < 1.29 is 4.39 Å². The van der Waals surface area contributed by atoms with Crippen LogP contribution in [0.15, 0.2) is 18.2 Å². The summed E-state index contributed by atoms with van der Waals surface area (Å²) in [5, 5.41) is 0.991. The zero-order valence-corrected chi connectivity index (χ0v) is 9.35. The molecule has 1 heterocycles. The fourth-order valence-electron chi connectivity index (χ4n) is 1.40. The van der Waals surface area contributed by atoms with Crippen LogP contribution in [-0.2, 0) is 6.42 Å². The van der Waals surface area contributed by atoms with Crippen molar-refractivity contribution in [2.45, 2.75) is 25.8 Å². The van der Waals surface area contributed by atoms with Gasteiger partial charge in [0.2, 0.25) is 0 Å². The molecule has 0 aliphatic carbocycles. The molecule has 0 bridgehead atoms. The van der Waals surface area contributed by atoms with Gasteiger partial charge in [-0.3, -0.25) is 0 Å². The molecular formula is C11H13FN2S. The Morgan fingerprint density at radius 1 is 1.53 bits per heavy atom. The van der Waals surface area contributed by atoms with E-state index in [4.69, 9.17) is 5.73 Å². The maximum atomic E-state index is 12.9. The Bertz CT molecular complexity index is 467. The largest absolute Gasteiger partial charge is 0.327 e. The van der Waals surface area contributed by atoms with Crippen LogP contribution in [0.3, 0.4) is 0 Å². The van der Waals surface area contributed by atoms with Crippen LogP contribution in [0.5, 0.6) is 0 Å². The molecule has 4 heteroatoms. The van der Waals surface area contributed by atoms with Gasteiger partial charge < -0.3 is 5.73 Å². The summed E-state index contributed by atoms with van der Waals surface area (Å²) >= 11 is 1.52. The van der Waals surface area contributed by atoms with Gasteiger partial charge in [0.05, 0.1) is 15.2 Å². The van der Waals surface area contributed by atoms with Crippen LogP contribution in [0, 0.1) is 5.82 Å². The van der Waals surface area contributed by atoms with Gasteiger partial charge in [0.25, 0.3) is 0 Å². The molecule has 0 amide bonds. The zero-order chi connectivity index (χ0) is 10.8. The average molecular weight is 224 g/mol. The predicted octanol–water partition coefficient (Wildman–Crippen LogP) is 2.72. The Labute approximate surface area is 91.9 Å². The van der Waals surface area contributed by atoms with E-state index in [2.05, 4.69) is 11.9 Å². The van der Waals surface area contributed by atoms with E-state index in [-0.39, 0.29) is 11.9 Å². The molecule has 0 saturated carbocycles. The summed E-state index contributed by atoms with van der Waals surface area (Å²) in [6, 6.07) is 4.82. The summed E-state index contributed by atoms with van der Waals surface area (Å²) in [4.78, 5) is 4.41. The lowest BCUT2D eigenvalue weighted by Gasteiger charge is -2.03. The lowest BCUT2D eigenvalue weighted by atomic mass is 10.2. The smallest absolute Gasteiger partial charge is 0.124 e. The monoisotopic (exact) mass is 224 g/mol. The fourth-order valence-corrected chi connectivity index (χ4v) is 2.49. The summed E-state index contributed by atoms with van der Waals surface area (Å²) in [5.74, 6) is -0.211. The molecule has 1 aromatic carbocycles. The minimum absolute atomic E-state index is 0.149. The molecule has 15 heavy (non-hydrogen) atoms. The number of benzene rings is 1. The van der Waals surface area contributed by atoms with E-state index in [0.717, 1.165) is 28.1 Å². The lowest BCUT2D eigenvalue weighted by molar-refractivity contribution is 0.630. The minimum Gasteiger partial charge on any atom is -0.327 e. The van der Waals surface area contributed by atoms with E-state index in [9.17, 15) is 4.39 Å². The first-order valence-corrected chi connectivity index (χ1v) is 5.81. The van der Waals surface area contributed by atoms with Gasteiger partial charge in [-0.25, -0.2) is 9.37 Å². The van der Waals surface area contributed by atoms with Crippen LogP contribution in [-0.4, -0.2) is 11.0 Å². The van der Waals surface area contributed by atoms with Crippen molar-refractivity contribution in [2.75, 3.05) is 0 Å². The van der Waals surface area contributed by atoms with E-state index >= 15 is 0 Å². The van der Waals surface area contributed by atoms with E-state index in [1.165, 1.54) is 23.5 Å². The lowest BCUT2D eigenvalue weighted by Crippen LogP contribution is -2.21. The molecule has 0 spiro atoms. The van der Waals surface area contributed by atoms with Crippen LogP contribution in [0.2, 0.25) is 0 Å². The minimum atomic E-state index is -0.211. The van der Waals surface area contributed by atoms with Crippen molar-refractivity contribution in [3.8, 4) is 0 Å². The number of nitrogens with zero attached hydrogens (tertiary/aromatic N) is 1. The molecule has 80 valence electrons. The molecule has 2 rings (SSSR count). The van der Waals surface area contributed by atoms with Crippen molar-refractivity contribution >= 4 is 21.6 Å². The van der Waals surface area contributed by atoms with Crippen LogP contribution >= 0.6 is 11.3 Å². The Morgan fingerprint density at radius 3 is 3.07 bits per heavy atom. The summed E-state index contributed by atoms with van der Waals surface area (Å²) in [6.45, 7) is 2.05. The van der Waals surface area contributed by atoms with E-state index < -0.39 is 0 Å². The number of nitrogens with two attached hydrogens (primary N) is 1. The summed E-state index contributed by atoms with van der Waals surface area (Å²) in [5.41, 5.74) is 6.71. The molecule has 0 aliphatic heterocycles. The van der Waals surface area contributed by atoms with Gasteiger partial charge in [-0.15, -0.1) is 11.3 Å². The van der Waals surface area contributed by atoms with Crippen LogP contribution in [0.1, 0.15) is 18.4 Å². The third-order valence-corrected chi connectivity index (χ3v) is 3.40. The molecular weight excluding hydrogens is 211 g/mol. The summed E-state index contributed by atoms with van der Waals surface area (Å²) in [6.07, 6.45) is 1.71. The highest BCUT2D eigenvalue weighted by Gasteiger charge is 2.07. The number of halogens is 1. The normalized spacial score (nSPS) is 13.3. The molecule has 0 fully saturated rings. The topological polar surface area (TPSA) is 38.9 Å². The van der Waals surface area contributed by atoms with Crippen LogP contribution < -0.4 is 5.73 Å². The van der Waals surface area contributed by atoms with Gasteiger partial charge in [0.1, 0.15) is 5.82 Å². The second-order valence-electron chi connectivity index (χ2n) is 3.59. The number of hydrogen-bond acceptors (Lipinski definition) is 3. The van der Waals surface area contributed by atoms with Gasteiger partial charge in [0, 0.05) is 12.5 Å². The molecule has 0 saturated heterocycles. The van der Waals surface area contributed by atoms with Gasteiger partial charge in [-0.2, -0.15) is 0 Å². The second kappa shape index (κ2) is 4.24. The first kappa shape index (κ1) is 10.5. The predicted molar refractivity (Wildman–Crippen MR) is 61.5 cm³/mol. The number of fused-ring (bicyclic) bond motifs is 1. The van der Waals surface area contributed by atoms with Crippen molar-refractivity contribution in [1.29, 1.82) is 0 Å². The maximum Gasteiger partial charge on any atom is 0.124 e. The number of rotatable bonds is 3. The highest BCUT2D eigenvalue weighted by Crippen LogP contribution is 2.23. The standard InChI is InChI=1S/C11H13FN2S/c1-2-8(13)6-11-14-9-4-3-7(12)5-10(9)15-11/h3-5,8H,2,6,13H2,1H3. The molecule has 1 aromatic heterocycles. The van der Waals surface area contributed by atoms with Crippen molar-refractivity contribution in [1.82, 2.24) is 4.98 Å². The Balaban J connectivity index is 2.30. The molecule has 2 aromatic rings. The van der Waals surface area contributed by atoms with Crippen molar-refractivity contribution in [3.05, 3.63) is 29.0 Å².